The van der Waals surface area contributed by atoms with Crippen LogP contribution < -0.4 is 0 Å². The molecule has 0 heterocycles. The molecule has 0 radical (unpaired) electrons. The number of unbranched alkanes of at least 4 members (excludes halogenated alkanes) is 5. The fourth-order valence-corrected chi connectivity index (χ4v) is 2.45. The zero-order chi connectivity index (χ0) is 14.0. The quantitative estimate of drug-likeness (QED) is 0.184. The highest BCUT2D eigenvalue weighted by atomic mass is 79.9. The summed E-state index contributed by atoms with van der Waals surface area (Å²) in [6.45, 7) is 5.74. The van der Waals surface area contributed by atoms with Gasteiger partial charge in [0.15, 0.2) is 0 Å². The Balaban J connectivity index is 3.22. The Kier molecular flexibility index (Phi) is 10.4. The summed E-state index contributed by atoms with van der Waals surface area (Å²) in [5.41, 5.74) is 0.478. The molecule has 0 aromatic rings. The lowest BCUT2D eigenvalue weighted by Crippen LogP contribution is -2.09. The summed E-state index contributed by atoms with van der Waals surface area (Å²) in [5.74, 6) is -0.270. The zero-order valence-corrected chi connectivity index (χ0v) is 16.6. The van der Waals surface area contributed by atoms with Crippen molar-refractivity contribution in [3.05, 3.63) is 12.2 Å². The first-order valence-electron chi connectivity index (χ1n) is 6.53. The van der Waals surface area contributed by atoms with E-state index in [1.54, 1.807) is 6.92 Å². The summed E-state index contributed by atoms with van der Waals surface area (Å²) in [4.78, 5) is 11.1. The van der Waals surface area contributed by atoms with Gasteiger partial charge >= 0.3 is 5.97 Å². The summed E-state index contributed by atoms with van der Waals surface area (Å²) < 4.78 is 5.26. The normalized spacial score (nSPS) is 11.5. The Morgan fingerprint density at radius 2 is 1.67 bits per heavy atom. The van der Waals surface area contributed by atoms with Gasteiger partial charge in [-0.2, -0.15) is 0 Å². The van der Waals surface area contributed by atoms with E-state index in [4.69, 9.17) is 4.74 Å². The molecule has 0 saturated carbocycles. The zero-order valence-electron chi connectivity index (χ0n) is 11.4. The van der Waals surface area contributed by atoms with E-state index in [1.165, 1.54) is 32.1 Å². The maximum absolute atomic E-state index is 11.1. The van der Waals surface area contributed by atoms with Gasteiger partial charge in [0.05, 0.1) is 9.46 Å². The molecule has 106 valence electrons. The molecule has 0 saturated heterocycles. The van der Waals surface area contributed by atoms with Gasteiger partial charge in [-0.15, -0.1) is 0 Å². The predicted molar refractivity (Wildman–Crippen MR) is 88.6 cm³/mol. The lowest BCUT2D eigenvalue weighted by Gasteiger charge is -2.13. The lowest BCUT2D eigenvalue weighted by atomic mass is 10.1. The van der Waals surface area contributed by atoms with Gasteiger partial charge in [0.1, 0.15) is 0 Å². The monoisotopic (exact) mass is 398 g/mol. The van der Waals surface area contributed by atoms with Crippen LogP contribution in [0.2, 0.25) is 0 Å². The van der Waals surface area contributed by atoms with Crippen molar-refractivity contribution in [2.45, 2.75) is 54.7 Å². The average Bonchev–Trinajstić information content (AvgIpc) is 2.24. The van der Waals surface area contributed by atoms with Crippen molar-refractivity contribution in [2.24, 2.45) is 0 Å². The maximum atomic E-state index is 11.1. The molecule has 0 bridgehead atoms. The van der Waals surface area contributed by atoms with Crippen LogP contribution in [0.15, 0.2) is 12.2 Å². The van der Waals surface area contributed by atoms with E-state index in [1.807, 2.05) is 0 Å². The van der Waals surface area contributed by atoms with Crippen LogP contribution in [0.4, 0.5) is 0 Å². The molecule has 2 nitrogen and oxygen atoms in total. The van der Waals surface area contributed by atoms with Crippen LogP contribution in [0.5, 0.6) is 0 Å². The van der Waals surface area contributed by atoms with E-state index in [-0.39, 0.29) is 8.83 Å². The number of halogens is 2. The van der Waals surface area contributed by atoms with Crippen molar-refractivity contribution < 1.29 is 9.53 Å². The first-order valence-corrected chi connectivity index (χ1v) is 9.12. The van der Waals surface area contributed by atoms with E-state index in [0.717, 1.165) is 23.1 Å². The standard InChI is InChI=1S/C13H24Br2O2Si/c1-11(2)12(16)17-10-8-6-4-3-5-7-9-13(14,15)18/h1,3-10H2,2,18H3. The Bertz CT molecular complexity index is 262. The molecule has 0 aromatic carbocycles. The highest BCUT2D eigenvalue weighted by molar-refractivity contribution is 9.26. The highest BCUT2D eigenvalue weighted by Crippen LogP contribution is 2.28. The van der Waals surface area contributed by atoms with Gasteiger partial charge < -0.3 is 4.74 Å². The number of carbonyl (C=O) groups excluding carboxylic acids is 1. The van der Waals surface area contributed by atoms with Gasteiger partial charge in [-0.3, -0.25) is 0 Å². The second-order valence-electron chi connectivity index (χ2n) is 4.86. The number of carbonyl (C=O) groups is 1. The third-order valence-electron chi connectivity index (χ3n) is 2.59. The molecule has 18 heavy (non-hydrogen) atoms. The largest absolute Gasteiger partial charge is 0.462 e. The van der Waals surface area contributed by atoms with Gasteiger partial charge in [-0.1, -0.05) is 70.5 Å². The molecule has 0 aliphatic carbocycles. The topological polar surface area (TPSA) is 26.3 Å². The molecule has 0 aliphatic heterocycles. The highest BCUT2D eigenvalue weighted by Gasteiger charge is 2.13. The summed E-state index contributed by atoms with van der Waals surface area (Å²) in [7, 11) is 1.12. The third-order valence-corrected chi connectivity index (χ3v) is 3.88. The summed E-state index contributed by atoms with van der Waals surface area (Å²) in [6, 6.07) is 0. The lowest BCUT2D eigenvalue weighted by molar-refractivity contribution is -0.139. The molecule has 0 aliphatic rings. The van der Waals surface area contributed by atoms with Crippen LogP contribution in [0, 0.1) is 0 Å². The van der Waals surface area contributed by atoms with Crippen LogP contribution in [0.3, 0.4) is 0 Å². The van der Waals surface area contributed by atoms with E-state index in [2.05, 4.69) is 38.4 Å². The van der Waals surface area contributed by atoms with Crippen LogP contribution >= 0.6 is 31.9 Å². The minimum absolute atomic E-state index is 0.233. The van der Waals surface area contributed by atoms with Crippen molar-refractivity contribution in [3.63, 3.8) is 0 Å². The van der Waals surface area contributed by atoms with Crippen molar-refractivity contribution in [1.29, 1.82) is 0 Å². The Morgan fingerprint density at radius 1 is 1.17 bits per heavy atom. The second kappa shape index (κ2) is 10.2. The fraction of sp³-hybridized carbons (Fsp3) is 0.769. The minimum atomic E-state index is -0.270. The molecule has 0 rings (SSSR count). The molecule has 0 aromatic heterocycles. The van der Waals surface area contributed by atoms with Crippen molar-refractivity contribution in [2.75, 3.05) is 6.61 Å². The van der Waals surface area contributed by atoms with E-state index >= 15 is 0 Å². The van der Waals surface area contributed by atoms with E-state index < -0.39 is 0 Å². The van der Waals surface area contributed by atoms with Crippen LogP contribution in [-0.2, 0) is 9.53 Å². The van der Waals surface area contributed by atoms with Crippen LogP contribution in [0.1, 0.15) is 51.9 Å². The molecule has 0 atom stereocenters. The second-order valence-corrected chi connectivity index (χ2v) is 14.1. The smallest absolute Gasteiger partial charge is 0.333 e. The van der Waals surface area contributed by atoms with Gasteiger partial charge in [0.2, 0.25) is 0 Å². The van der Waals surface area contributed by atoms with Crippen LogP contribution in [-0.4, -0.2) is 25.7 Å². The van der Waals surface area contributed by atoms with Crippen molar-refractivity contribution in [1.82, 2.24) is 0 Å². The van der Waals surface area contributed by atoms with Gasteiger partial charge in [0, 0.05) is 15.8 Å². The minimum Gasteiger partial charge on any atom is -0.462 e. The maximum Gasteiger partial charge on any atom is 0.333 e. The summed E-state index contributed by atoms with van der Waals surface area (Å²) >= 11 is 7.26. The van der Waals surface area contributed by atoms with Gasteiger partial charge in [-0.05, 0) is 19.8 Å². The Labute approximate surface area is 131 Å². The first kappa shape index (κ1) is 18.4. The number of ether oxygens (including phenoxy) is 1. The molecular formula is C13H24Br2O2Si. The van der Waals surface area contributed by atoms with Crippen LogP contribution in [0.25, 0.3) is 0 Å². The molecule has 0 spiro atoms. The van der Waals surface area contributed by atoms with Gasteiger partial charge in [0.25, 0.3) is 0 Å². The number of rotatable bonds is 10. The molecule has 0 amide bonds. The number of esters is 1. The van der Waals surface area contributed by atoms with E-state index in [9.17, 15) is 4.79 Å². The van der Waals surface area contributed by atoms with Crippen molar-refractivity contribution >= 4 is 48.1 Å². The Morgan fingerprint density at radius 3 is 2.17 bits per heavy atom. The average molecular weight is 400 g/mol. The third kappa shape index (κ3) is 12.8. The van der Waals surface area contributed by atoms with Gasteiger partial charge in [-0.25, -0.2) is 4.79 Å². The van der Waals surface area contributed by atoms with E-state index in [0.29, 0.717) is 12.2 Å². The fourth-order valence-electron chi connectivity index (χ4n) is 1.53. The number of alkyl halides is 2. The molecule has 0 fully saturated rings. The molecule has 0 N–H and O–H groups in total. The first-order chi connectivity index (χ1) is 8.33. The number of hydrogen-bond donors (Lipinski definition) is 0. The predicted octanol–water partition coefficient (Wildman–Crippen LogP) is 3.65. The Hall–Kier alpha value is 0.387. The number of hydrogen-bond acceptors (Lipinski definition) is 2. The summed E-state index contributed by atoms with van der Waals surface area (Å²) in [6.07, 6.45) is 8.35. The van der Waals surface area contributed by atoms with Crippen molar-refractivity contribution in [3.8, 4) is 0 Å². The molecule has 0 unspecified atom stereocenters. The SMILES string of the molecule is C=C(C)C(=O)OCCCCCCCCC([SiH3])(Br)Br. The molecular weight excluding hydrogens is 376 g/mol. The summed E-state index contributed by atoms with van der Waals surface area (Å²) in [5, 5.41) is 0. The molecule has 5 heteroatoms.